The van der Waals surface area contributed by atoms with Crippen molar-refractivity contribution in [3.8, 4) is 0 Å². The fourth-order valence-corrected chi connectivity index (χ4v) is 1.98. The highest BCUT2D eigenvalue weighted by Crippen LogP contribution is 2.11. The summed E-state index contributed by atoms with van der Waals surface area (Å²) >= 11 is 3.28. The molecule has 1 amide bonds. The van der Waals surface area contributed by atoms with Crippen LogP contribution in [0.5, 0.6) is 0 Å². The summed E-state index contributed by atoms with van der Waals surface area (Å²) < 4.78 is 0.815. The monoisotopic (exact) mass is 335 g/mol. The topological polar surface area (TPSA) is 66.3 Å². The SMILES string of the molecule is O=C(c1ccc(Br)cn1)N(CCO)Cc1cccnc1. The molecular formula is C14H14BrN3O2. The molecule has 20 heavy (non-hydrogen) atoms. The third-order valence-corrected chi connectivity index (χ3v) is 3.17. The van der Waals surface area contributed by atoms with Crippen LogP contribution in [0.1, 0.15) is 16.1 Å². The highest BCUT2D eigenvalue weighted by Gasteiger charge is 2.16. The average Bonchev–Trinajstić information content (AvgIpc) is 2.48. The molecule has 0 bridgehead atoms. The van der Waals surface area contributed by atoms with Crippen molar-refractivity contribution in [1.82, 2.24) is 14.9 Å². The molecule has 2 rings (SSSR count). The van der Waals surface area contributed by atoms with E-state index in [0.717, 1.165) is 10.0 Å². The predicted molar refractivity (Wildman–Crippen MR) is 78.0 cm³/mol. The lowest BCUT2D eigenvalue weighted by Crippen LogP contribution is -2.33. The van der Waals surface area contributed by atoms with Crippen molar-refractivity contribution in [2.45, 2.75) is 6.54 Å². The molecule has 0 atom stereocenters. The van der Waals surface area contributed by atoms with Gasteiger partial charge in [-0.3, -0.25) is 9.78 Å². The van der Waals surface area contributed by atoms with Crippen LogP contribution in [-0.4, -0.2) is 39.0 Å². The number of hydrogen-bond acceptors (Lipinski definition) is 4. The van der Waals surface area contributed by atoms with Crippen molar-refractivity contribution in [3.05, 3.63) is 58.6 Å². The number of carbonyl (C=O) groups is 1. The van der Waals surface area contributed by atoms with E-state index in [4.69, 9.17) is 5.11 Å². The molecule has 1 N–H and O–H groups in total. The van der Waals surface area contributed by atoms with Crippen molar-refractivity contribution < 1.29 is 9.90 Å². The number of halogens is 1. The highest BCUT2D eigenvalue weighted by atomic mass is 79.9. The summed E-state index contributed by atoms with van der Waals surface area (Å²) in [5.41, 5.74) is 1.26. The van der Waals surface area contributed by atoms with Crippen molar-refractivity contribution in [2.75, 3.05) is 13.2 Å². The van der Waals surface area contributed by atoms with Crippen LogP contribution in [0.25, 0.3) is 0 Å². The molecule has 0 aromatic carbocycles. The first-order chi connectivity index (χ1) is 9.70. The van der Waals surface area contributed by atoms with Gasteiger partial charge in [-0.1, -0.05) is 6.07 Å². The van der Waals surface area contributed by atoms with Crippen molar-refractivity contribution >= 4 is 21.8 Å². The van der Waals surface area contributed by atoms with Gasteiger partial charge in [0.25, 0.3) is 5.91 Å². The van der Waals surface area contributed by atoms with Crippen LogP contribution < -0.4 is 0 Å². The maximum absolute atomic E-state index is 12.4. The maximum atomic E-state index is 12.4. The molecule has 6 heteroatoms. The zero-order valence-electron chi connectivity index (χ0n) is 10.7. The molecule has 0 saturated heterocycles. The van der Waals surface area contributed by atoms with E-state index in [1.54, 1.807) is 35.6 Å². The number of pyridine rings is 2. The molecule has 0 spiro atoms. The number of nitrogens with zero attached hydrogens (tertiary/aromatic N) is 3. The minimum Gasteiger partial charge on any atom is -0.395 e. The fourth-order valence-electron chi connectivity index (χ4n) is 1.75. The number of aliphatic hydroxyl groups is 1. The molecule has 2 heterocycles. The first kappa shape index (κ1) is 14.6. The summed E-state index contributed by atoms with van der Waals surface area (Å²) in [6.45, 7) is 0.555. The van der Waals surface area contributed by atoms with Gasteiger partial charge < -0.3 is 10.0 Å². The first-order valence-electron chi connectivity index (χ1n) is 6.11. The molecule has 0 unspecified atom stereocenters. The largest absolute Gasteiger partial charge is 0.395 e. The molecule has 2 aromatic heterocycles. The third kappa shape index (κ3) is 3.85. The minimum absolute atomic E-state index is 0.0947. The number of rotatable bonds is 5. The number of amides is 1. The van der Waals surface area contributed by atoms with Gasteiger partial charge in [0.2, 0.25) is 0 Å². The Morgan fingerprint density at radius 1 is 1.30 bits per heavy atom. The smallest absolute Gasteiger partial charge is 0.272 e. The van der Waals surface area contributed by atoms with Crippen molar-refractivity contribution in [2.24, 2.45) is 0 Å². The van der Waals surface area contributed by atoms with E-state index < -0.39 is 0 Å². The van der Waals surface area contributed by atoms with Crippen LogP contribution in [-0.2, 0) is 6.54 Å². The van der Waals surface area contributed by atoms with Gasteiger partial charge in [-0.15, -0.1) is 0 Å². The Labute approximate surface area is 125 Å². The summed E-state index contributed by atoms with van der Waals surface area (Å²) in [7, 11) is 0. The van der Waals surface area contributed by atoms with E-state index in [0.29, 0.717) is 12.2 Å². The normalized spacial score (nSPS) is 10.3. The molecule has 0 saturated carbocycles. The molecule has 5 nitrogen and oxygen atoms in total. The van der Waals surface area contributed by atoms with Gasteiger partial charge in [0.15, 0.2) is 0 Å². The lowest BCUT2D eigenvalue weighted by atomic mass is 10.2. The number of carbonyl (C=O) groups excluding carboxylic acids is 1. The second-order valence-electron chi connectivity index (χ2n) is 4.17. The lowest BCUT2D eigenvalue weighted by molar-refractivity contribution is 0.0701. The van der Waals surface area contributed by atoms with Crippen LogP contribution in [0, 0.1) is 0 Å². The van der Waals surface area contributed by atoms with E-state index in [1.165, 1.54) is 0 Å². The van der Waals surface area contributed by atoms with Crippen LogP contribution >= 0.6 is 15.9 Å². The van der Waals surface area contributed by atoms with Crippen LogP contribution in [0.2, 0.25) is 0 Å². The Hall–Kier alpha value is -1.79. The molecule has 0 aliphatic heterocycles. The summed E-state index contributed by atoms with van der Waals surface area (Å²) in [5, 5.41) is 9.12. The average molecular weight is 336 g/mol. The van der Waals surface area contributed by atoms with Crippen molar-refractivity contribution in [1.29, 1.82) is 0 Å². The molecule has 0 fully saturated rings. The molecule has 104 valence electrons. The third-order valence-electron chi connectivity index (χ3n) is 2.70. The number of aliphatic hydroxyl groups excluding tert-OH is 1. The van der Waals surface area contributed by atoms with Crippen molar-refractivity contribution in [3.63, 3.8) is 0 Å². The van der Waals surface area contributed by atoms with E-state index in [1.807, 2.05) is 12.1 Å². The van der Waals surface area contributed by atoms with Crippen LogP contribution in [0.3, 0.4) is 0 Å². The second-order valence-corrected chi connectivity index (χ2v) is 5.09. The molecule has 0 radical (unpaired) electrons. The molecule has 0 aliphatic rings. The zero-order chi connectivity index (χ0) is 14.4. The van der Waals surface area contributed by atoms with Gasteiger partial charge in [0.05, 0.1) is 6.61 Å². The van der Waals surface area contributed by atoms with Crippen LogP contribution in [0.15, 0.2) is 47.3 Å². The molecule has 2 aromatic rings. The van der Waals surface area contributed by atoms with E-state index in [-0.39, 0.29) is 19.1 Å². The Kier molecular flexibility index (Phi) is 5.20. The van der Waals surface area contributed by atoms with E-state index >= 15 is 0 Å². The number of hydrogen-bond donors (Lipinski definition) is 1. The van der Waals surface area contributed by atoms with Crippen LogP contribution in [0.4, 0.5) is 0 Å². The van der Waals surface area contributed by atoms with Gasteiger partial charge in [0, 0.05) is 36.2 Å². The summed E-state index contributed by atoms with van der Waals surface area (Å²) in [6.07, 6.45) is 4.96. The van der Waals surface area contributed by atoms with Gasteiger partial charge >= 0.3 is 0 Å². The molecule has 0 aliphatic carbocycles. The Morgan fingerprint density at radius 2 is 2.15 bits per heavy atom. The van der Waals surface area contributed by atoms with Gasteiger partial charge in [0.1, 0.15) is 5.69 Å². The summed E-state index contributed by atoms with van der Waals surface area (Å²) in [6, 6.07) is 7.12. The standard InChI is InChI=1S/C14H14BrN3O2/c15-12-3-4-13(17-9-12)14(20)18(6-7-19)10-11-2-1-5-16-8-11/h1-5,8-9,19H,6-7,10H2. The second kappa shape index (κ2) is 7.12. The van der Waals surface area contributed by atoms with Gasteiger partial charge in [-0.2, -0.15) is 0 Å². The summed E-state index contributed by atoms with van der Waals surface area (Å²) in [4.78, 5) is 22.0. The van der Waals surface area contributed by atoms with Gasteiger partial charge in [-0.05, 0) is 39.7 Å². The number of aromatic nitrogens is 2. The quantitative estimate of drug-likeness (QED) is 0.905. The predicted octanol–water partition coefficient (Wildman–Crippen LogP) is 1.87. The summed E-state index contributed by atoms with van der Waals surface area (Å²) in [5.74, 6) is -0.213. The first-order valence-corrected chi connectivity index (χ1v) is 6.90. The highest BCUT2D eigenvalue weighted by molar-refractivity contribution is 9.10. The Bertz CT molecular complexity index is 560. The Morgan fingerprint density at radius 3 is 2.75 bits per heavy atom. The molecular weight excluding hydrogens is 322 g/mol. The fraction of sp³-hybridized carbons (Fsp3) is 0.214. The van der Waals surface area contributed by atoms with Gasteiger partial charge in [-0.25, -0.2) is 4.98 Å². The lowest BCUT2D eigenvalue weighted by Gasteiger charge is -2.21. The minimum atomic E-state index is -0.213. The van der Waals surface area contributed by atoms with E-state index in [9.17, 15) is 4.79 Å². The maximum Gasteiger partial charge on any atom is 0.272 e. The zero-order valence-corrected chi connectivity index (χ0v) is 12.3. The Balaban J connectivity index is 2.15. The van der Waals surface area contributed by atoms with E-state index in [2.05, 4.69) is 25.9 Å².